The zero-order valence-corrected chi connectivity index (χ0v) is 10.6. The van der Waals surface area contributed by atoms with Crippen molar-refractivity contribution in [1.82, 2.24) is 9.80 Å². The molecule has 0 heterocycles. The smallest absolute Gasteiger partial charge is 0.0246 e. The van der Waals surface area contributed by atoms with Crippen molar-refractivity contribution in [2.24, 2.45) is 11.7 Å². The average Bonchev–Trinajstić information content (AvgIpc) is 3.00. The van der Waals surface area contributed by atoms with Crippen molar-refractivity contribution in [3.05, 3.63) is 0 Å². The summed E-state index contributed by atoms with van der Waals surface area (Å²) in [5.74, 6) is 0.898. The van der Waals surface area contributed by atoms with Gasteiger partial charge in [0.2, 0.25) is 0 Å². The Morgan fingerprint density at radius 2 is 1.93 bits per heavy atom. The van der Waals surface area contributed by atoms with Crippen LogP contribution in [0.4, 0.5) is 0 Å². The molecule has 0 radical (unpaired) electrons. The second-order valence-electron chi connectivity index (χ2n) is 4.93. The Morgan fingerprint density at radius 3 is 2.33 bits per heavy atom. The number of likely N-dealkylation sites (N-methyl/N-ethyl adjacent to an activating group) is 1. The fourth-order valence-corrected chi connectivity index (χ4v) is 2.27. The van der Waals surface area contributed by atoms with E-state index in [4.69, 9.17) is 5.73 Å². The minimum atomic E-state index is 0.650. The van der Waals surface area contributed by atoms with E-state index in [-0.39, 0.29) is 0 Å². The number of rotatable bonds is 8. The fraction of sp³-hybridized carbons (Fsp3) is 1.00. The highest BCUT2D eigenvalue weighted by Gasteiger charge is 2.33. The van der Waals surface area contributed by atoms with Gasteiger partial charge < -0.3 is 10.6 Å². The maximum atomic E-state index is 5.87. The summed E-state index contributed by atoms with van der Waals surface area (Å²) in [4.78, 5) is 4.82. The summed E-state index contributed by atoms with van der Waals surface area (Å²) in [6.45, 7) is 6.61. The van der Waals surface area contributed by atoms with E-state index in [0.717, 1.165) is 19.0 Å². The molecule has 0 amide bonds. The zero-order chi connectivity index (χ0) is 11.3. The first-order chi connectivity index (χ1) is 7.19. The van der Waals surface area contributed by atoms with Crippen LogP contribution in [0, 0.1) is 5.92 Å². The third-order valence-electron chi connectivity index (χ3n) is 3.33. The predicted molar refractivity (Wildman–Crippen MR) is 66.0 cm³/mol. The van der Waals surface area contributed by atoms with Crippen LogP contribution in [0.15, 0.2) is 0 Å². The lowest BCUT2D eigenvalue weighted by molar-refractivity contribution is 0.181. The molecular weight excluding hydrogens is 186 g/mol. The SMILES string of the molecule is CCN(CCCN(C)C)C(CN)C1CC1. The largest absolute Gasteiger partial charge is 0.329 e. The molecule has 1 saturated carbocycles. The van der Waals surface area contributed by atoms with Crippen molar-refractivity contribution in [3.8, 4) is 0 Å². The third-order valence-corrected chi connectivity index (χ3v) is 3.33. The van der Waals surface area contributed by atoms with Gasteiger partial charge in [0.25, 0.3) is 0 Å². The second kappa shape index (κ2) is 6.46. The lowest BCUT2D eigenvalue weighted by Gasteiger charge is -2.30. The molecule has 3 heteroatoms. The van der Waals surface area contributed by atoms with Crippen LogP contribution in [0.2, 0.25) is 0 Å². The molecule has 0 saturated heterocycles. The van der Waals surface area contributed by atoms with Gasteiger partial charge in [0.1, 0.15) is 0 Å². The van der Waals surface area contributed by atoms with E-state index in [9.17, 15) is 0 Å². The summed E-state index contributed by atoms with van der Waals surface area (Å²) in [5.41, 5.74) is 5.87. The second-order valence-corrected chi connectivity index (χ2v) is 4.93. The summed E-state index contributed by atoms with van der Waals surface area (Å²) in [6.07, 6.45) is 4.04. The molecule has 0 bridgehead atoms. The molecule has 15 heavy (non-hydrogen) atoms. The van der Waals surface area contributed by atoms with E-state index >= 15 is 0 Å². The first-order valence-electron chi connectivity index (χ1n) is 6.27. The third kappa shape index (κ3) is 4.49. The van der Waals surface area contributed by atoms with Crippen LogP contribution >= 0.6 is 0 Å². The lowest BCUT2D eigenvalue weighted by Crippen LogP contribution is -2.43. The zero-order valence-electron chi connectivity index (χ0n) is 10.6. The molecule has 90 valence electrons. The van der Waals surface area contributed by atoms with Gasteiger partial charge in [0, 0.05) is 12.6 Å². The van der Waals surface area contributed by atoms with Gasteiger partial charge in [-0.3, -0.25) is 4.90 Å². The fourth-order valence-electron chi connectivity index (χ4n) is 2.27. The lowest BCUT2D eigenvalue weighted by atomic mass is 10.1. The molecule has 1 atom stereocenters. The molecule has 0 spiro atoms. The molecular formula is C12H27N3. The van der Waals surface area contributed by atoms with E-state index < -0.39 is 0 Å². The number of hydrogen-bond acceptors (Lipinski definition) is 3. The van der Waals surface area contributed by atoms with Crippen LogP contribution in [-0.4, -0.2) is 56.1 Å². The van der Waals surface area contributed by atoms with Crippen molar-refractivity contribution in [1.29, 1.82) is 0 Å². The monoisotopic (exact) mass is 213 g/mol. The van der Waals surface area contributed by atoms with Gasteiger partial charge in [-0.1, -0.05) is 6.92 Å². The predicted octanol–water partition coefficient (Wildman–Crippen LogP) is 0.997. The first-order valence-corrected chi connectivity index (χ1v) is 6.27. The van der Waals surface area contributed by atoms with Gasteiger partial charge in [0.15, 0.2) is 0 Å². The standard InChI is InChI=1S/C12H27N3/c1-4-15(9-5-8-14(2)3)12(10-13)11-6-7-11/h11-12H,4-10,13H2,1-3H3. The summed E-state index contributed by atoms with van der Waals surface area (Å²) in [7, 11) is 4.27. The number of hydrogen-bond donors (Lipinski definition) is 1. The molecule has 3 nitrogen and oxygen atoms in total. The van der Waals surface area contributed by atoms with E-state index in [1.807, 2.05) is 0 Å². The molecule has 2 N–H and O–H groups in total. The van der Waals surface area contributed by atoms with Gasteiger partial charge in [-0.25, -0.2) is 0 Å². The van der Waals surface area contributed by atoms with Crippen LogP contribution in [-0.2, 0) is 0 Å². The van der Waals surface area contributed by atoms with E-state index in [1.54, 1.807) is 0 Å². The van der Waals surface area contributed by atoms with Crippen LogP contribution in [0.25, 0.3) is 0 Å². The molecule has 0 aliphatic heterocycles. The highest BCUT2D eigenvalue weighted by molar-refractivity contribution is 4.88. The molecule has 1 unspecified atom stereocenters. The van der Waals surface area contributed by atoms with Crippen molar-refractivity contribution < 1.29 is 0 Å². The van der Waals surface area contributed by atoms with Crippen LogP contribution in [0.3, 0.4) is 0 Å². The van der Waals surface area contributed by atoms with Gasteiger partial charge >= 0.3 is 0 Å². The van der Waals surface area contributed by atoms with Crippen molar-refractivity contribution in [3.63, 3.8) is 0 Å². The molecule has 1 aliphatic carbocycles. The molecule has 1 aliphatic rings. The van der Waals surface area contributed by atoms with Crippen LogP contribution in [0.5, 0.6) is 0 Å². The normalized spacial score (nSPS) is 18.8. The van der Waals surface area contributed by atoms with Crippen molar-refractivity contribution in [2.75, 3.05) is 40.3 Å². The maximum Gasteiger partial charge on any atom is 0.0246 e. The summed E-state index contributed by atoms with van der Waals surface area (Å²) in [5, 5.41) is 0. The van der Waals surface area contributed by atoms with Gasteiger partial charge in [-0.2, -0.15) is 0 Å². The van der Waals surface area contributed by atoms with Crippen LogP contribution < -0.4 is 5.73 Å². The molecule has 0 aromatic heterocycles. The van der Waals surface area contributed by atoms with E-state index in [0.29, 0.717) is 6.04 Å². The number of nitrogens with zero attached hydrogens (tertiary/aromatic N) is 2. The first kappa shape index (κ1) is 12.9. The Labute approximate surface area is 94.6 Å². The molecule has 0 aromatic carbocycles. The topological polar surface area (TPSA) is 32.5 Å². The highest BCUT2D eigenvalue weighted by atomic mass is 15.2. The van der Waals surface area contributed by atoms with Gasteiger partial charge in [-0.05, 0) is 58.9 Å². The van der Waals surface area contributed by atoms with E-state index in [1.165, 1.54) is 32.4 Å². The molecule has 1 fully saturated rings. The number of nitrogens with two attached hydrogens (primary N) is 1. The molecule has 1 rings (SSSR count). The van der Waals surface area contributed by atoms with Crippen molar-refractivity contribution in [2.45, 2.75) is 32.2 Å². The Bertz CT molecular complexity index is 166. The van der Waals surface area contributed by atoms with Gasteiger partial charge in [0.05, 0.1) is 0 Å². The van der Waals surface area contributed by atoms with Gasteiger partial charge in [-0.15, -0.1) is 0 Å². The Balaban J connectivity index is 2.26. The minimum Gasteiger partial charge on any atom is -0.329 e. The Hall–Kier alpha value is -0.120. The minimum absolute atomic E-state index is 0.650. The van der Waals surface area contributed by atoms with Crippen molar-refractivity contribution >= 4 is 0 Å². The Morgan fingerprint density at radius 1 is 1.27 bits per heavy atom. The summed E-state index contributed by atoms with van der Waals surface area (Å²) in [6, 6.07) is 0.650. The Kier molecular flexibility index (Phi) is 5.58. The summed E-state index contributed by atoms with van der Waals surface area (Å²) >= 11 is 0. The van der Waals surface area contributed by atoms with Crippen LogP contribution in [0.1, 0.15) is 26.2 Å². The maximum absolute atomic E-state index is 5.87. The average molecular weight is 213 g/mol. The summed E-state index contributed by atoms with van der Waals surface area (Å²) < 4.78 is 0. The quantitative estimate of drug-likeness (QED) is 0.653. The molecule has 0 aromatic rings. The highest BCUT2D eigenvalue weighted by Crippen LogP contribution is 2.34. The van der Waals surface area contributed by atoms with E-state index in [2.05, 4.69) is 30.8 Å².